The van der Waals surface area contributed by atoms with Crippen LogP contribution in [0.25, 0.3) is 41.1 Å². The van der Waals surface area contributed by atoms with Crippen LogP contribution in [0.5, 0.6) is 0 Å². The Labute approximate surface area is 646 Å². The number of carbonyl (C=O) groups is 2. The van der Waals surface area contributed by atoms with Crippen LogP contribution in [0.15, 0.2) is 121 Å². The number of aldehydes is 2. The molecule has 0 spiro atoms. The van der Waals surface area contributed by atoms with Gasteiger partial charge in [0.15, 0.2) is 0 Å². The van der Waals surface area contributed by atoms with Crippen LogP contribution in [0, 0.1) is 0 Å². The molecule has 0 N–H and O–H groups in total. The zero-order valence-corrected chi connectivity index (χ0v) is 68.9. The lowest BCUT2D eigenvalue weighted by Gasteiger charge is -2.36. The van der Waals surface area contributed by atoms with Gasteiger partial charge in [-0.05, 0) is 216 Å². The molecule has 0 amide bonds. The second-order valence-electron chi connectivity index (χ2n) is 31.0. The van der Waals surface area contributed by atoms with Gasteiger partial charge in [-0.2, -0.15) is 0 Å². The average Bonchev–Trinajstić information content (AvgIpc) is 1.48. The molecule has 4 aromatic heterocycles. The maximum absolute atomic E-state index is 12.1. The molecule has 104 heavy (non-hydrogen) atoms. The maximum atomic E-state index is 12.1. The maximum Gasteiger partial charge on any atom is 0.142 e. The predicted molar refractivity (Wildman–Crippen MR) is 461 cm³/mol. The van der Waals surface area contributed by atoms with Crippen LogP contribution in [-0.2, 0) is 71.8 Å². The lowest BCUT2D eigenvalue weighted by Crippen LogP contribution is -2.30. The van der Waals surface area contributed by atoms with Gasteiger partial charge >= 0.3 is 0 Å². The van der Waals surface area contributed by atoms with Crippen molar-refractivity contribution in [2.75, 3.05) is 0 Å². The number of hydrogen-bond acceptors (Lipinski definition) is 6. The Morgan fingerprint density at radius 1 is 0.279 bits per heavy atom. The van der Waals surface area contributed by atoms with E-state index in [1.54, 1.807) is 12.2 Å². The molecule has 556 valence electrons. The van der Waals surface area contributed by atoms with Gasteiger partial charge in [-0.3, -0.25) is 9.59 Å². The highest BCUT2D eigenvalue weighted by Gasteiger charge is 2.56. The Morgan fingerprint density at radius 3 is 0.894 bits per heavy atom. The molecule has 2 nitrogen and oxygen atoms in total. The normalized spacial score (nSPS) is 13.7. The third-order valence-corrected chi connectivity index (χ3v) is 27.6. The minimum Gasteiger partial charge on any atom is -0.299 e. The van der Waals surface area contributed by atoms with Crippen LogP contribution in [-0.4, -0.2) is 12.6 Å². The molecule has 2 aliphatic rings. The van der Waals surface area contributed by atoms with Crippen LogP contribution in [0.4, 0.5) is 0 Å². The molecule has 0 unspecified atom stereocenters. The van der Waals surface area contributed by atoms with Gasteiger partial charge in [-0.25, -0.2) is 0 Å². The highest BCUT2D eigenvalue weighted by molar-refractivity contribution is 7.34. The van der Waals surface area contributed by atoms with Gasteiger partial charge in [0, 0.05) is 16.0 Å². The van der Waals surface area contributed by atoms with E-state index in [4.69, 9.17) is 0 Å². The van der Waals surface area contributed by atoms with Crippen molar-refractivity contribution in [2.45, 2.75) is 323 Å². The highest BCUT2D eigenvalue weighted by atomic mass is 32.1. The summed E-state index contributed by atoms with van der Waals surface area (Å²) >= 11 is 8.22. The second-order valence-corrected chi connectivity index (χ2v) is 35.0. The average molecular weight is 1470 g/mol. The van der Waals surface area contributed by atoms with Crippen molar-refractivity contribution < 1.29 is 9.59 Å². The number of thiophene rings is 4. The van der Waals surface area contributed by atoms with E-state index in [0.717, 1.165) is 63.9 Å². The molecule has 0 saturated heterocycles. The summed E-state index contributed by atoms with van der Waals surface area (Å²) in [7, 11) is 0. The first-order valence-corrected chi connectivity index (χ1v) is 45.5. The van der Waals surface area contributed by atoms with Gasteiger partial charge in [-0.15, -0.1) is 45.3 Å². The monoisotopic (exact) mass is 1460 g/mol. The number of allylic oxidation sites excluding steroid dienone is 6. The minimum atomic E-state index is -0.668. The zero-order chi connectivity index (χ0) is 72.9. The van der Waals surface area contributed by atoms with E-state index in [0.29, 0.717) is 0 Å². The Hall–Kier alpha value is -5.76. The van der Waals surface area contributed by atoms with E-state index in [2.05, 4.69) is 187 Å². The summed E-state index contributed by atoms with van der Waals surface area (Å²) in [5, 5.41) is 2.48. The molecule has 0 bridgehead atoms. The standard InChI is InChI=1S/C98H128O2S4/c1-9-17-25-35-47-73-59-74(48-36-26-18-10-2)64-82(63-73)97(83-65-75(49-37-27-19-11-3)60-76(66-83)50-38-28-20-12-4)87-71-86(56-44-34-46-58-100)102-91(87)93-89(97)95-96(103-93)90-94(104-95)92-88(81(72-101-92)55-43-33-45-57-99)98(90,84-67-77(51-39-29-21-13-5)61-78(68-84)52-40-30-22-14-6)85-69-79(53-41-31-23-15-7)62-80(70-85)54-42-32-24-16-8/h33-34,43-46,55-72H,9-32,35-42,47-54H2,1-8H3/b45-33+,46-34+,55-43+,56-44+. The van der Waals surface area contributed by atoms with Gasteiger partial charge in [0.1, 0.15) is 12.6 Å². The van der Waals surface area contributed by atoms with Crippen molar-refractivity contribution >= 4 is 79.5 Å². The lowest BCUT2D eigenvalue weighted by atomic mass is 9.65. The Morgan fingerprint density at radius 2 is 0.577 bits per heavy atom. The Kier molecular flexibility index (Phi) is 32.7. The molecule has 4 aromatic carbocycles. The topological polar surface area (TPSA) is 34.1 Å². The number of hydrogen-bond donors (Lipinski definition) is 0. The van der Waals surface area contributed by atoms with Crippen molar-refractivity contribution in [3.05, 3.63) is 220 Å². The molecule has 2 aliphatic carbocycles. The van der Waals surface area contributed by atoms with Crippen molar-refractivity contribution in [1.82, 2.24) is 0 Å². The van der Waals surface area contributed by atoms with Gasteiger partial charge in [0.2, 0.25) is 0 Å². The van der Waals surface area contributed by atoms with E-state index in [1.807, 2.05) is 34.8 Å². The molecule has 8 aromatic rings. The SMILES string of the molecule is CCCCCCc1cc(CCCCCC)cc(C2(c3cc(CCCCCC)cc(CCCCCC)c3)c3cc(/C=C/C=C/C=O)sc3-c3sc4c5c(sc4c32)-c2scc(/C=C/C=C/C=O)c2C5(c2cc(CCCCCC)cc(CCCCCC)c2)c2cc(CCCCCC)cc(CCCCCC)c2)c1. The first kappa shape index (κ1) is 80.8. The van der Waals surface area contributed by atoms with Crippen molar-refractivity contribution in [1.29, 1.82) is 0 Å². The number of aryl methyl sites for hydroxylation is 8. The molecule has 4 heterocycles. The minimum absolute atomic E-state index is 0.633. The van der Waals surface area contributed by atoms with Crippen LogP contribution in [0.2, 0.25) is 0 Å². The predicted octanol–water partition coefficient (Wildman–Crippen LogP) is 30.3. The number of benzene rings is 4. The largest absolute Gasteiger partial charge is 0.299 e. The van der Waals surface area contributed by atoms with Crippen molar-refractivity contribution in [2.24, 2.45) is 0 Å². The first-order valence-electron chi connectivity index (χ1n) is 42.2. The van der Waals surface area contributed by atoms with E-state index < -0.39 is 10.8 Å². The fourth-order valence-electron chi connectivity index (χ4n) is 17.3. The number of fused-ring (bicyclic) bond motifs is 9. The summed E-state index contributed by atoms with van der Waals surface area (Å²) in [6, 6.07) is 35.0. The van der Waals surface area contributed by atoms with Gasteiger partial charge < -0.3 is 0 Å². The summed E-state index contributed by atoms with van der Waals surface area (Å²) in [6.45, 7) is 18.8. The van der Waals surface area contributed by atoms with Crippen LogP contribution in [0.3, 0.4) is 0 Å². The molecule has 0 aliphatic heterocycles. The zero-order valence-electron chi connectivity index (χ0n) is 65.6. The molecule has 10 rings (SSSR count). The van der Waals surface area contributed by atoms with Crippen molar-refractivity contribution in [3.8, 4) is 19.5 Å². The van der Waals surface area contributed by atoms with E-state index >= 15 is 0 Å². The third-order valence-electron chi connectivity index (χ3n) is 22.7. The van der Waals surface area contributed by atoms with E-state index in [9.17, 15) is 9.59 Å². The molecular weight excluding hydrogens is 1340 g/mol. The molecule has 6 heteroatoms. The van der Waals surface area contributed by atoms with Gasteiger partial charge in [0.05, 0.1) is 39.7 Å². The van der Waals surface area contributed by atoms with Gasteiger partial charge in [0.25, 0.3) is 0 Å². The smallest absolute Gasteiger partial charge is 0.142 e. The Bertz CT molecular complexity index is 3850. The number of carbonyl (C=O) groups excluding carboxylic acids is 2. The first-order chi connectivity index (χ1) is 51.2. The fourth-order valence-corrected chi connectivity index (χ4v) is 23.0. The molecule has 0 atom stereocenters. The van der Waals surface area contributed by atoms with E-state index in [-0.39, 0.29) is 0 Å². The fraction of sp³-hybridized carbons (Fsp3) is 0.510. The van der Waals surface area contributed by atoms with Crippen LogP contribution < -0.4 is 0 Å². The molecule has 0 radical (unpaired) electrons. The molecule has 0 saturated carbocycles. The van der Waals surface area contributed by atoms with Gasteiger partial charge in [-0.1, -0.05) is 313 Å². The number of unbranched alkanes of at least 4 members (excludes halogenated alkanes) is 24. The van der Waals surface area contributed by atoms with Crippen molar-refractivity contribution in [3.63, 3.8) is 0 Å². The van der Waals surface area contributed by atoms with Crippen LogP contribution >= 0.6 is 45.3 Å². The summed E-state index contributed by atoms with van der Waals surface area (Å²) in [6.07, 6.45) is 65.9. The Balaban J connectivity index is 1.40. The second kappa shape index (κ2) is 42.1. The lowest BCUT2D eigenvalue weighted by molar-refractivity contribution is -0.104. The summed E-state index contributed by atoms with van der Waals surface area (Å²) in [4.78, 5) is 30.9. The quantitative estimate of drug-likeness (QED) is 0.0165. The molecule has 0 fully saturated rings. The summed E-state index contributed by atoms with van der Waals surface area (Å²) in [5.41, 5.74) is 23.5. The summed E-state index contributed by atoms with van der Waals surface area (Å²) in [5.74, 6) is 0. The van der Waals surface area contributed by atoms with Crippen LogP contribution in [0.1, 0.15) is 360 Å². The number of rotatable bonds is 50. The third kappa shape index (κ3) is 19.6. The van der Waals surface area contributed by atoms with E-state index in [1.165, 1.54) is 334 Å². The highest BCUT2D eigenvalue weighted by Crippen LogP contribution is 2.71. The molecular formula is C98H128O2S4. The summed E-state index contributed by atoms with van der Waals surface area (Å²) < 4.78 is 2.94.